The zero-order chi connectivity index (χ0) is 15.6. The Labute approximate surface area is 139 Å². The van der Waals surface area contributed by atoms with E-state index in [0.717, 1.165) is 57.0 Å². The highest BCUT2D eigenvalue weighted by Gasteiger charge is 2.47. The third kappa shape index (κ3) is 3.33. The largest absolute Gasteiger partial charge is 0.469 e. The number of carbonyl (C=O) groups is 1. The highest BCUT2D eigenvalue weighted by atomic mass is 32.1. The van der Waals surface area contributed by atoms with Gasteiger partial charge in [-0.15, -0.1) is 11.3 Å². The number of thiazole rings is 1. The van der Waals surface area contributed by atoms with E-state index in [2.05, 4.69) is 20.2 Å². The Balaban J connectivity index is 1.31. The van der Waals surface area contributed by atoms with Crippen molar-refractivity contribution in [2.45, 2.75) is 25.3 Å². The van der Waals surface area contributed by atoms with Gasteiger partial charge in [-0.25, -0.2) is 4.98 Å². The molecule has 4 rings (SSSR count). The summed E-state index contributed by atoms with van der Waals surface area (Å²) in [6.07, 6.45) is 3.66. The van der Waals surface area contributed by atoms with Crippen molar-refractivity contribution in [2.24, 2.45) is 5.92 Å². The molecular formula is C17H21N3O2S. The number of aromatic nitrogens is 1. The first-order valence-electron chi connectivity index (χ1n) is 8.23. The molecule has 0 unspecified atom stereocenters. The van der Waals surface area contributed by atoms with Crippen LogP contribution >= 0.6 is 11.3 Å². The van der Waals surface area contributed by atoms with Gasteiger partial charge >= 0.3 is 0 Å². The van der Waals surface area contributed by atoms with Crippen LogP contribution in [-0.4, -0.2) is 46.9 Å². The minimum Gasteiger partial charge on any atom is -0.469 e. The van der Waals surface area contributed by atoms with Crippen molar-refractivity contribution in [3.63, 3.8) is 0 Å². The lowest BCUT2D eigenvalue weighted by atomic mass is 10.2. The van der Waals surface area contributed by atoms with Crippen LogP contribution in [0.4, 0.5) is 0 Å². The van der Waals surface area contributed by atoms with Gasteiger partial charge in [0, 0.05) is 49.9 Å². The van der Waals surface area contributed by atoms with Gasteiger partial charge in [0.1, 0.15) is 5.76 Å². The number of hydrogen-bond acceptors (Lipinski definition) is 5. The van der Waals surface area contributed by atoms with Crippen molar-refractivity contribution in [3.8, 4) is 0 Å². The number of nitrogens with zero attached hydrogens (tertiary/aromatic N) is 3. The minimum absolute atomic E-state index is 0.131. The summed E-state index contributed by atoms with van der Waals surface area (Å²) in [4.78, 5) is 21.5. The maximum absolute atomic E-state index is 12.7. The van der Waals surface area contributed by atoms with Gasteiger partial charge in [-0.2, -0.15) is 0 Å². The predicted octanol–water partition coefficient (Wildman–Crippen LogP) is 2.57. The van der Waals surface area contributed by atoms with Crippen molar-refractivity contribution in [1.82, 2.24) is 14.8 Å². The summed E-state index contributed by atoms with van der Waals surface area (Å²) in [5.74, 6) is 1.70. The minimum atomic E-state index is 0.131. The SMILES string of the molecule is O=C([C@H]1C[C@H]1c1ccco1)N1CCCN(Cc2cscn2)CC1. The summed E-state index contributed by atoms with van der Waals surface area (Å²) in [6, 6.07) is 3.88. The predicted molar refractivity (Wildman–Crippen MR) is 88.1 cm³/mol. The van der Waals surface area contributed by atoms with E-state index in [1.54, 1.807) is 17.6 Å². The van der Waals surface area contributed by atoms with Crippen molar-refractivity contribution >= 4 is 17.2 Å². The van der Waals surface area contributed by atoms with Crippen molar-refractivity contribution in [1.29, 1.82) is 0 Å². The van der Waals surface area contributed by atoms with E-state index in [0.29, 0.717) is 11.8 Å². The average molecular weight is 331 g/mol. The second-order valence-electron chi connectivity index (χ2n) is 6.40. The normalized spacial score (nSPS) is 25.3. The lowest BCUT2D eigenvalue weighted by Gasteiger charge is -2.21. The summed E-state index contributed by atoms with van der Waals surface area (Å²) in [7, 11) is 0. The van der Waals surface area contributed by atoms with Crippen LogP contribution in [0.2, 0.25) is 0 Å². The Morgan fingerprint density at radius 2 is 2.30 bits per heavy atom. The Kier molecular flexibility index (Phi) is 4.18. The monoisotopic (exact) mass is 331 g/mol. The molecule has 0 radical (unpaired) electrons. The van der Waals surface area contributed by atoms with Gasteiger partial charge in [0.25, 0.3) is 0 Å². The van der Waals surface area contributed by atoms with Crippen LogP contribution < -0.4 is 0 Å². The van der Waals surface area contributed by atoms with E-state index in [-0.39, 0.29) is 5.92 Å². The molecule has 1 aliphatic heterocycles. The molecule has 1 saturated carbocycles. The second kappa shape index (κ2) is 6.45. The summed E-state index contributed by atoms with van der Waals surface area (Å²) in [6.45, 7) is 4.55. The van der Waals surface area contributed by atoms with E-state index >= 15 is 0 Å². The quantitative estimate of drug-likeness (QED) is 0.864. The van der Waals surface area contributed by atoms with Gasteiger partial charge < -0.3 is 9.32 Å². The lowest BCUT2D eigenvalue weighted by Crippen LogP contribution is -2.36. The molecule has 23 heavy (non-hydrogen) atoms. The number of amides is 1. The third-order valence-electron chi connectivity index (χ3n) is 4.79. The van der Waals surface area contributed by atoms with Crippen LogP contribution in [0.3, 0.4) is 0 Å². The molecular weight excluding hydrogens is 310 g/mol. The average Bonchev–Trinajstić information content (AvgIpc) is 2.96. The van der Waals surface area contributed by atoms with Crippen LogP contribution in [0.25, 0.3) is 0 Å². The third-order valence-corrected chi connectivity index (χ3v) is 5.42. The molecule has 2 aromatic rings. The first-order chi connectivity index (χ1) is 11.3. The van der Waals surface area contributed by atoms with Gasteiger partial charge in [-0.1, -0.05) is 0 Å². The fourth-order valence-electron chi connectivity index (χ4n) is 3.41. The fraction of sp³-hybridized carbons (Fsp3) is 0.529. The molecule has 122 valence electrons. The molecule has 5 nitrogen and oxygen atoms in total. The molecule has 6 heteroatoms. The van der Waals surface area contributed by atoms with Gasteiger partial charge in [0.15, 0.2) is 0 Å². The smallest absolute Gasteiger partial charge is 0.226 e. The van der Waals surface area contributed by atoms with Crippen molar-refractivity contribution in [2.75, 3.05) is 26.2 Å². The lowest BCUT2D eigenvalue weighted by molar-refractivity contribution is -0.132. The molecule has 0 bridgehead atoms. The molecule has 1 amide bonds. The van der Waals surface area contributed by atoms with Gasteiger partial charge in [-0.05, 0) is 25.0 Å². The van der Waals surface area contributed by atoms with E-state index < -0.39 is 0 Å². The first kappa shape index (κ1) is 14.9. The molecule has 1 aliphatic carbocycles. The van der Waals surface area contributed by atoms with E-state index in [4.69, 9.17) is 4.42 Å². The molecule has 0 aromatic carbocycles. The zero-order valence-electron chi connectivity index (χ0n) is 13.1. The maximum atomic E-state index is 12.7. The Morgan fingerprint density at radius 3 is 3.09 bits per heavy atom. The van der Waals surface area contributed by atoms with Gasteiger partial charge in [-0.3, -0.25) is 9.69 Å². The number of furan rings is 1. The van der Waals surface area contributed by atoms with Gasteiger partial charge in [0.05, 0.1) is 17.5 Å². The molecule has 0 spiro atoms. The summed E-state index contributed by atoms with van der Waals surface area (Å²) < 4.78 is 5.44. The molecule has 2 aliphatic rings. The molecule has 3 heterocycles. The standard InChI is InChI=1S/C17H21N3O2S/c21-17(15-9-14(15)16-3-1-8-22-16)20-5-2-4-19(6-7-20)10-13-11-23-12-18-13/h1,3,8,11-12,14-15H,2,4-7,9-10H2/t14-,15+/m1/s1. The summed E-state index contributed by atoms with van der Waals surface area (Å²) in [5, 5.41) is 2.10. The highest BCUT2D eigenvalue weighted by molar-refractivity contribution is 7.07. The Morgan fingerprint density at radius 1 is 1.35 bits per heavy atom. The summed E-state index contributed by atoms with van der Waals surface area (Å²) in [5.41, 5.74) is 3.01. The Hall–Kier alpha value is -1.66. The van der Waals surface area contributed by atoms with Crippen LogP contribution in [0.15, 0.2) is 33.7 Å². The van der Waals surface area contributed by atoms with E-state index in [9.17, 15) is 4.79 Å². The van der Waals surface area contributed by atoms with Crippen LogP contribution in [0, 0.1) is 5.92 Å². The summed E-state index contributed by atoms with van der Waals surface area (Å²) >= 11 is 1.64. The molecule has 2 fully saturated rings. The van der Waals surface area contributed by atoms with Crippen LogP contribution in [-0.2, 0) is 11.3 Å². The second-order valence-corrected chi connectivity index (χ2v) is 7.12. The highest BCUT2D eigenvalue weighted by Crippen LogP contribution is 2.48. The van der Waals surface area contributed by atoms with Crippen molar-refractivity contribution < 1.29 is 9.21 Å². The first-order valence-corrected chi connectivity index (χ1v) is 9.17. The molecule has 2 atom stereocenters. The zero-order valence-corrected chi connectivity index (χ0v) is 13.9. The molecule has 0 N–H and O–H groups in total. The number of carbonyl (C=O) groups excluding carboxylic acids is 1. The molecule has 2 aromatic heterocycles. The van der Waals surface area contributed by atoms with Gasteiger partial charge in [0.2, 0.25) is 5.91 Å². The Bertz CT molecular complexity index is 641. The fourth-order valence-corrected chi connectivity index (χ4v) is 3.96. The number of hydrogen-bond donors (Lipinski definition) is 0. The van der Waals surface area contributed by atoms with Crippen LogP contribution in [0.1, 0.15) is 30.2 Å². The maximum Gasteiger partial charge on any atom is 0.226 e. The van der Waals surface area contributed by atoms with Crippen molar-refractivity contribution in [3.05, 3.63) is 40.7 Å². The topological polar surface area (TPSA) is 49.6 Å². The number of rotatable bonds is 4. The van der Waals surface area contributed by atoms with E-state index in [1.807, 2.05) is 17.6 Å². The van der Waals surface area contributed by atoms with E-state index in [1.165, 1.54) is 0 Å². The molecule has 1 saturated heterocycles. The van der Waals surface area contributed by atoms with Crippen LogP contribution in [0.5, 0.6) is 0 Å².